The van der Waals surface area contributed by atoms with Crippen molar-refractivity contribution in [2.24, 2.45) is 5.92 Å². The fourth-order valence-corrected chi connectivity index (χ4v) is 3.81. The predicted molar refractivity (Wildman–Crippen MR) is 75.5 cm³/mol. The minimum atomic E-state index is -3.46. The van der Waals surface area contributed by atoms with Gasteiger partial charge < -0.3 is 4.74 Å². The van der Waals surface area contributed by atoms with Gasteiger partial charge in [-0.2, -0.15) is 0 Å². The zero-order valence-corrected chi connectivity index (χ0v) is 12.0. The summed E-state index contributed by atoms with van der Waals surface area (Å²) in [5.74, 6) is 0.0958. The lowest BCUT2D eigenvalue weighted by Crippen LogP contribution is -2.23. The number of rotatable bonds is 3. The van der Waals surface area contributed by atoms with Crippen molar-refractivity contribution in [3.63, 3.8) is 0 Å². The molecule has 3 nitrogen and oxygen atoms in total. The monoisotopic (exact) mass is 278 g/mol. The first kappa shape index (κ1) is 14.0. The highest BCUT2D eigenvalue weighted by Crippen LogP contribution is 2.30. The number of sulfone groups is 1. The molecule has 1 heterocycles. The quantitative estimate of drug-likeness (QED) is 0.853. The molecule has 1 aliphatic rings. The van der Waals surface area contributed by atoms with Crippen LogP contribution in [0, 0.1) is 5.92 Å². The molecule has 0 fully saturated rings. The molecular formula is C15H18O3S. The zero-order valence-electron chi connectivity index (χ0n) is 11.2. The molecule has 1 unspecified atom stereocenters. The van der Waals surface area contributed by atoms with Gasteiger partial charge in [0.25, 0.3) is 0 Å². The summed E-state index contributed by atoms with van der Waals surface area (Å²) in [7, 11) is -3.46. The fourth-order valence-electron chi connectivity index (χ4n) is 2.19. The summed E-state index contributed by atoms with van der Waals surface area (Å²) in [6.45, 7) is 4.59. The lowest BCUT2D eigenvalue weighted by molar-refractivity contribution is 0.124. The minimum absolute atomic E-state index is 0.0958. The van der Waals surface area contributed by atoms with Crippen LogP contribution in [0.5, 0.6) is 0 Å². The maximum Gasteiger partial charge on any atom is 0.205 e. The Balaban J connectivity index is 2.57. The Morgan fingerprint density at radius 3 is 2.58 bits per heavy atom. The van der Waals surface area contributed by atoms with Crippen LogP contribution in [0.2, 0.25) is 0 Å². The van der Waals surface area contributed by atoms with E-state index in [2.05, 4.69) is 0 Å². The maximum atomic E-state index is 12.6. The van der Waals surface area contributed by atoms with E-state index in [-0.39, 0.29) is 12.5 Å². The van der Waals surface area contributed by atoms with Gasteiger partial charge in [-0.3, -0.25) is 0 Å². The Hall–Kier alpha value is -1.39. The fraction of sp³-hybridized carbons (Fsp3) is 0.333. The Kier molecular flexibility index (Phi) is 4.22. The van der Waals surface area contributed by atoms with E-state index >= 15 is 0 Å². The Labute approximate surface area is 114 Å². The lowest BCUT2D eigenvalue weighted by Gasteiger charge is -2.24. The van der Waals surface area contributed by atoms with Gasteiger partial charge in [-0.05, 0) is 24.6 Å². The standard InChI is InChI=1S/C15H18O3S/c1-3-7-14-12(2)10-18-11-15(14)19(16,17)13-8-5-4-6-9-13/h3-9,12H,10-11H2,1-2H3/b7-3+. The van der Waals surface area contributed by atoms with Crippen LogP contribution in [0.15, 0.2) is 57.9 Å². The molecule has 1 atom stereocenters. The van der Waals surface area contributed by atoms with E-state index in [9.17, 15) is 8.42 Å². The Morgan fingerprint density at radius 1 is 1.26 bits per heavy atom. The third-order valence-corrected chi connectivity index (χ3v) is 5.07. The molecule has 0 N–H and O–H groups in total. The first-order valence-electron chi connectivity index (χ1n) is 6.31. The van der Waals surface area contributed by atoms with Crippen LogP contribution in [0.3, 0.4) is 0 Å². The summed E-state index contributed by atoms with van der Waals surface area (Å²) in [6, 6.07) is 8.51. The molecule has 1 aliphatic heterocycles. The summed E-state index contributed by atoms with van der Waals surface area (Å²) < 4.78 is 30.7. The highest BCUT2D eigenvalue weighted by Gasteiger charge is 2.28. The molecule has 0 radical (unpaired) electrons. The van der Waals surface area contributed by atoms with E-state index in [0.29, 0.717) is 16.4 Å². The number of allylic oxidation sites excluding steroid dienone is 2. The maximum absolute atomic E-state index is 12.6. The summed E-state index contributed by atoms with van der Waals surface area (Å²) in [6.07, 6.45) is 3.75. The first-order valence-corrected chi connectivity index (χ1v) is 7.79. The molecule has 0 amide bonds. The van der Waals surface area contributed by atoms with Crippen LogP contribution in [-0.2, 0) is 14.6 Å². The van der Waals surface area contributed by atoms with E-state index in [1.807, 2.05) is 26.0 Å². The van der Waals surface area contributed by atoms with Gasteiger partial charge >= 0.3 is 0 Å². The van der Waals surface area contributed by atoms with Gasteiger partial charge in [0.1, 0.15) is 0 Å². The number of ether oxygens (including phenoxy) is 1. The van der Waals surface area contributed by atoms with E-state index < -0.39 is 9.84 Å². The summed E-state index contributed by atoms with van der Waals surface area (Å²) in [4.78, 5) is 0.709. The molecule has 0 spiro atoms. The molecule has 0 saturated carbocycles. The second-order valence-corrected chi connectivity index (χ2v) is 6.58. The third-order valence-electron chi connectivity index (χ3n) is 3.18. The molecule has 102 valence electrons. The van der Waals surface area contributed by atoms with E-state index in [1.165, 1.54) is 0 Å². The van der Waals surface area contributed by atoms with Gasteiger partial charge in [-0.15, -0.1) is 0 Å². The largest absolute Gasteiger partial charge is 0.375 e. The second-order valence-electron chi connectivity index (χ2n) is 4.61. The molecule has 19 heavy (non-hydrogen) atoms. The van der Waals surface area contributed by atoms with Crippen LogP contribution in [0.25, 0.3) is 0 Å². The highest BCUT2D eigenvalue weighted by atomic mass is 32.2. The van der Waals surface area contributed by atoms with Gasteiger partial charge in [0.15, 0.2) is 0 Å². The van der Waals surface area contributed by atoms with Crippen LogP contribution < -0.4 is 0 Å². The van der Waals surface area contributed by atoms with Gasteiger partial charge in [0.05, 0.1) is 23.0 Å². The average Bonchev–Trinajstić information content (AvgIpc) is 2.42. The van der Waals surface area contributed by atoms with Crippen molar-refractivity contribution >= 4 is 9.84 Å². The molecule has 0 bridgehead atoms. The van der Waals surface area contributed by atoms with Crippen molar-refractivity contribution in [3.8, 4) is 0 Å². The van der Waals surface area contributed by atoms with E-state index in [0.717, 1.165) is 5.57 Å². The van der Waals surface area contributed by atoms with Crippen molar-refractivity contribution in [2.45, 2.75) is 18.7 Å². The van der Waals surface area contributed by atoms with Crippen LogP contribution in [-0.4, -0.2) is 21.6 Å². The number of benzene rings is 1. The first-order chi connectivity index (χ1) is 9.07. The topological polar surface area (TPSA) is 43.4 Å². The van der Waals surface area contributed by atoms with Gasteiger partial charge in [-0.1, -0.05) is 37.3 Å². The molecule has 1 aromatic rings. The molecule has 4 heteroatoms. The molecule has 2 rings (SSSR count). The van der Waals surface area contributed by atoms with Crippen LogP contribution in [0.4, 0.5) is 0 Å². The number of hydrogen-bond donors (Lipinski definition) is 0. The molecular weight excluding hydrogens is 260 g/mol. The predicted octanol–water partition coefficient (Wildman–Crippen LogP) is 2.96. The van der Waals surface area contributed by atoms with Crippen molar-refractivity contribution in [1.82, 2.24) is 0 Å². The molecule has 0 aliphatic carbocycles. The van der Waals surface area contributed by atoms with E-state index in [1.54, 1.807) is 30.3 Å². The second kappa shape index (κ2) is 5.72. The van der Waals surface area contributed by atoms with Crippen molar-refractivity contribution in [2.75, 3.05) is 13.2 Å². The molecule has 0 saturated heterocycles. The Bertz CT molecular complexity index is 598. The van der Waals surface area contributed by atoms with Crippen LogP contribution in [0.1, 0.15) is 13.8 Å². The molecule has 1 aromatic carbocycles. The minimum Gasteiger partial charge on any atom is -0.375 e. The van der Waals surface area contributed by atoms with Crippen molar-refractivity contribution < 1.29 is 13.2 Å². The zero-order chi connectivity index (χ0) is 13.9. The summed E-state index contributed by atoms with van der Waals surface area (Å²) in [5, 5.41) is 0. The summed E-state index contributed by atoms with van der Waals surface area (Å²) >= 11 is 0. The average molecular weight is 278 g/mol. The third kappa shape index (κ3) is 2.80. The molecule has 0 aromatic heterocycles. The highest BCUT2D eigenvalue weighted by molar-refractivity contribution is 7.95. The Morgan fingerprint density at radius 2 is 1.95 bits per heavy atom. The SMILES string of the molecule is C/C=C/C1=C(S(=O)(=O)c2ccccc2)COCC1C. The van der Waals surface area contributed by atoms with Gasteiger partial charge in [0.2, 0.25) is 9.84 Å². The lowest BCUT2D eigenvalue weighted by atomic mass is 9.99. The van der Waals surface area contributed by atoms with Gasteiger partial charge in [0, 0.05) is 5.92 Å². The summed E-state index contributed by atoms with van der Waals surface area (Å²) in [5.41, 5.74) is 0.859. The van der Waals surface area contributed by atoms with Gasteiger partial charge in [-0.25, -0.2) is 8.42 Å². The van der Waals surface area contributed by atoms with Crippen LogP contribution >= 0.6 is 0 Å². The van der Waals surface area contributed by atoms with Crippen molar-refractivity contribution in [3.05, 3.63) is 53.0 Å². The number of hydrogen-bond acceptors (Lipinski definition) is 3. The van der Waals surface area contributed by atoms with E-state index in [4.69, 9.17) is 4.74 Å². The smallest absolute Gasteiger partial charge is 0.205 e. The normalized spacial score (nSPS) is 21.1. The van der Waals surface area contributed by atoms with Crippen molar-refractivity contribution in [1.29, 1.82) is 0 Å².